The number of aliphatic hydroxyl groups is 1. The van der Waals surface area contributed by atoms with Crippen molar-refractivity contribution in [2.45, 2.75) is 43.5 Å². The van der Waals surface area contributed by atoms with Crippen molar-refractivity contribution in [1.29, 1.82) is 0 Å². The van der Waals surface area contributed by atoms with Crippen molar-refractivity contribution < 1.29 is 5.11 Å². The van der Waals surface area contributed by atoms with Crippen molar-refractivity contribution in [3.05, 3.63) is 10.5 Å². The molecule has 18 heavy (non-hydrogen) atoms. The van der Waals surface area contributed by atoms with Crippen LogP contribution in [0.2, 0.25) is 0 Å². The molecule has 7 heteroatoms. The first-order chi connectivity index (χ1) is 8.52. The van der Waals surface area contributed by atoms with Crippen LogP contribution < -0.4 is 11.0 Å². The second kappa shape index (κ2) is 5.46. The number of aromatic nitrogens is 3. The SMILES string of the molecule is CC(C)n1c(SCC2(O)CCNCC2)n[nH]c1=O. The van der Waals surface area contributed by atoms with Gasteiger partial charge in [0.15, 0.2) is 5.16 Å². The average molecular weight is 272 g/mol. The first kappa shape index (κ1) is 13.6. The summed E-state index contributed by atoms with van der Waals surface area (Å²) in [5.74, 6) is 0.575. The first-order valence-electron chi connectivity index (χ1n) is 6.25. The molecule has 102 valence electrons. The van der Waals surface area contributed by atoms with Crippen molar-refractivity contribution in [2.75, 3.05) is 18.8 Å². The lowest BCUT2D eigenvalue weighted by Crippen LogP contribution is -2.43. The second-order valence-corrected chi connectivity index (χ2v) is 5.98. The molecule has 0 aliphatic carbocycles. The van der Waals surface area contributed by atoms with E-state index in [0.29, 0.717) is 10.9 Å². The van der Waals surface area contributed by atoms with Gasteiger partial charge in [-0.15, -0.1) is 5.10 Å². The number of hydrogen-bond acceptors (Lipinski definition) is 5. The monoisotopic (exact) mass is 272 g/mol. The van der Waals surface area contributed by atoms with Gasteiger partial charge in [0.2, 0.25) is 0 Å². The molecule has 2 heterocycles. The first-order valence-corrected chi connectivity index (χ1v) is 7.23. The van der Waals surface area contributed by atoms with E-state index in [-0.39, 0.29) is 11.7 Å². The molecule has 1 aromatic rings. The van der Waals surface area contributed by atoms with Gasteiger partial charge >= 0.3 is 5.69 Å². The van der Waals surface area contributed by atoms with Crippen LogP contribution in [-0.4, -0.2) is 44.3 Å². The molecule has 0 saturated carbocycles. The van der Waals surface area contributed by atoms with Gasteiger partial charge in [0.05, 0.1) is 5.60 Å². The lowest BCUT2D eigenvalue weighted by molar-refractivity contribution is 0.0338. The summed E-state index contributed by atoms with van der Waals surface area (Å²) < 4.78 is 1.62. The molecule has 1 aliphatic rings. The van der Waals surface area contributed by atoms with E-state index in [0.717, 1.165) is 25.9 Å². The Morgan fingerprint density at radius 3 is 2.78 bits per heavy atom. The number of hydrogen-bond donors (Lipinski definition) is 3. The van der Waals surface area contributed by atoms with Crippen LogP contribution in [0, 0.1) is 0 Å². The van der Waals surface area contributed by atoms with Gasteiger partial charge in [0.25, 0.3) is 0 Å². The van der Waals surface area contributed by atoms with Gasteiger partial charge in [-0.2, -0.15) is 0 Å². The smallest absolute Gasteiger partial charge is 0.344 e. The minimum atomic E-state index is -0.646. The van der Waals surface area contributed by atoms with Crippen molar-refractivity contribution in [2.24, 2.45) is 0 Å². The minimum Gasteiger partial charge on any atom is -0.389 e. The lowest BCUT2D eigenvalue weighted by Gasteiger charge is -2.32. The highest BCUT2D eigenvalue weighted by Gasteiger charge is 2.30. The fourth-order valence-electron chi connectivity index (χ4n) is 2.08. The Morgan fingerprint density at radius 1 is 1.50 bits per heavy atom. The number of H-pyrrole nitrogens is 1. The summed E-state index contributed by atoms with van der Waals surface area (Å²) in [4.78, 5) is 11.6. The Balaban J connectivity index is 2.04. The molecule has 0 bridgehead atoms. The minimum absolute atomic E-state index is 0.0708. The predicted octanol–water partition coefficient (Wildman–Crippen LogP) is 0.359. The van der Waals surface area contributed by atoms with Crippen LogP contribution in [0.25, 0.3) is 0 Å². The maximum Gasteiger partial charge on any atom is 0.344 e. The predicted molar refractivity (Wildman–Crippen MR) is 71.0 cm³/mol. The summed E-state index contributed by atoms with van der Waals surface area (Å²) in [5.41, 5.74) is -0.836. The van der Waals surface area contributed by atoms with E-state index < -0.39 is 5.60 Å². The third kappa shape index (κ3) is 2.96. The molecule has 0 atom stereocenters. The molecule has 1 aromatic heterocycles. The maximum atomic E-state index is 11.6. The fourth-order valence-corrected chi connectivity index (χ4v) is 3.31. The largest absolute Gasteiger partial charge is 0.389 e. The van der Waals surface area contributed by atoms with Crippen molar-refractivity contribution in [3.8, 4) is 0 Å². The fraction of sp³-hybridized carbons (Fsp3) is 0.818. The van der Waals surface area contributed by atoms with Gasteiger partial charge in [0.1, 0.15) is 0 Å². The van der Waals surface area contributed by atoms with E-state index >= 15 is 0 Å². The Labute approximate surface area is 110 Å². The summed E-state index contributed by atoms with van der Waals surface area (Å²) in [6.07, 6.45) is 1.49. The molecule has 0 amide bonds. The zero-order valence-corrected chi connectivity index (χ0v) is 11.6. The zero-order valence-electron chi connectivity index (χ0n) is 10.8. The van der Waals surface area contributed by atoms with Gasteiger partial charge in [-0.3, -0.25) is 4.57 Å². The average Bonchev–Trinajstić information content (AvgIpc) is 2.69. The highest BCUT2D eigenvalue weighted by molar-refractivity contribution is 7.99. The van der Waals surface area contributed by atoms with Crippen molar-refractivity contribution >= 4 is 11.8 Å². The van der Waals surface area contributed by atoms with Crippen molar-refractivity contribution in [3.63, 3.8) is 0 Å². The third-order valence-electron chi connectivity index (χ3n) is 3.19. The molecule has 1 aliphatic heterocycles. The Kier molecular flexibility index (Phi) is 4.14. The number of thioether (sulfide) groups is 1. The van der Waals surface area contributed by atoms with Gasteiger partial charge in [-0.1, -0.05) is 11.8 Å². The van der Waals surface area contributed by atoms with Crippen molar-refractivity contribution in [1.82, 2.24) is 20.1 Å². The Hall–Kier alpha value is -0.790. The van der Waals surface area contributed by atoms with Gasteiger partial charge in [0, 0.05) is 11.8 Å². The van der Waals surface area contributed by atoms with Gasteiger partial charge in [-0.05, 0) is 39.8 Å². The molecule has 0 unspecified atom stereocenters. The van der Waals surface area contributed by atoms with Gasteiger partial charge in [-0.25, -0.2) is 9.89 Å². The summed E-state index contributed by atoms with van der Waals surface area (Å²) in [6.45, 7) is 5.57. The number of nitrogens with one attached hydrogen (secondary N) is 2. The molecule has 0 spiro atoms. The van der Waals surface area contributed by atoms with Crippen LogP contribution in [0.1, 0.15) is 32.7 Å². The molecular formula is C11H20N4O2S. The summed E-state index contributed by atoms with van der Waals surface area (Å²) >= 11 is 1.44. The summed E-state index contributed by atoms with van der Waals surface area (Å²) in [7, 11) is 0. The van der Waals surface area contributed by atoms with E-state index in [1.165, 1.54) is 11.8 Å². The quantitative estimate of drug-likeness (QED) is 0.689. The highest BCUT2D eigenvalue weighted by atomic mass is 32.2. The van der Waals surface area contributed by atoms with Crippen LogP contribution in [0.3, 0.4) is 0 Å². The normalized spacial score (nSPS) is 19.3. The molecule has 1 fully saturated rings. The third-order valence-corrected chi connectivity index (χ3v) is 4.42. The number of aromatic amines is 1. The van der Waals surface area contributed by atoms with Crippen LogP contribution in [-0.2, 0) is 0 Å². The molecule has 3 N–H and O–H groups in total. The molecule has 6 nitrogen and oxygen atoms in total. The standard InChI is InChI=1S/C11H20N4O2S/c1-8(2)15-9(16)13-14-10(15)18-7-11(17)3-5-12-6-4-11/h8,12,17H,3-7H2,1-2H3,(H,13,16). The van der Waals surface area contributed by atoms with Crippen LogP contribution >= 0.6 is 11.8 Å². The summed E-state index contributed by atoms with van der Waals surface area (Å²) in [6, 6.07) is 0.0708. The van der Waals surface area contributed by atoms with Crippen LogP contribution in [0.5, 0.6) is 0 Å². The van der Waals surface area contributed by atoms with Gasteiger partial charge < -0.3 is 10.4 Å². The summed E-state index contributed by atoms with van der Waals surface area (Å²) in [5, 5.41) is 20.7. The molecular weight excluding hydrogens is 252 g/mol. The Bertz CT molecular complexity index is 448. The highest BCUT2D eigenvalue weighted by Crippen LogP contribution is 2.27. The topological polar surface area (TPSA) is 82.9 Å². The number of rotatable bonds is 4. The number of piperidine rings is 1. The van der Waals surface area contributed by atoms with E-state index in [9.17, 15) is 9.90 Å². The zero-order chi connectivity index (χ0) is 13.2. The molecule has 2 rings (SSSR count). The van der Waals surface area contributed by atoms with E-state index in [4.69, 9.17) is 0 Å². The van der Waals surface area contributed by atoms with Crippen LogP contribution in [0.4, 0.5) is 0 Å². The lowest BCUT2D eigenvalue weighted by atomic mass is 9.95. The maximum absolute atomic E-state index is 11.6. The van der Waals surface area contributed by atoms with Crippen LogP contribution in [0.15, 0.2) is 9.95 Å². The number of nitrogens with zero attached hydrogens (tertiary/aromatic N) is 2. The van der Waals surface area contributed by atoms with E-state index in [2.05, 4.69) is 15.5 Å². The molecule has 0 radical (unpaired) electrons. The molecule has 1 saturated heterocycles. The molecule has 0 aromatic carbocycles. The van der Waals surface area contributed by atoms with E-state index in [1.54, 1.807) is 4.57 Å². The van der Waals surface area contributed by atoms with E-state index in [1.807, 2.05) is 13.8 Å². The second-order valence-electron chi connectivity index (χ2n) is 5.04. The Morgan fingerprint density at radius 2 is 2.17 bits per heavy atom.